The molecule has 0 spiro atoms. The normalized spacial score (nSPS) is 11.0. The number of carbonyl (C=O) groups is 2. The van der Waals surface area contributed by atoms with Gasteiger partial charge in [0.05, 0.1) is 11.2 Å². The molecule has 2 amide bonds. The molecule has 0 saturated carbocycles. The number of amides is 2. The Hall–Kier alpha value is -4.20. The molecule has 3 aromatic rings. The van der Waals surface area contributed by atoms with Gasteiger partial charge in [-0.15, -0.1) is 0 Å². The molecule has 0 saturated heterocycles. The number of rotatable bonds is 8. The number of non-ortho nitro benzene ring substituents is 1. The summed E-state index contributed by atoms with van der Waals surface area (Å²) >= 11 is 0. The van der Waals surface area contributed by atoms with E-state index in [1.54, 1.807) is 6.07 Å². The zero-order valence-corrected chi connectivity index (χ0v) is 15.9. The lowest BCUT2D eigenvalue weighted by Crippen LogP contribution is -2.35. The third-order valence-electron chi connectivity index (χ3n) is 4.19. The SMILES string of the molecule is O=C(NCCc1ccccc1)/C(=C/c1ccc([N+](=O)[O-])cc1)NC(=O)c1ccco1. The highest BCUT2D eigenvalue weighted by Crippen LogP contribution is 2.14. The van der Waals surface area contributed by atoms with Crippen molar-refractivity contribution in [2.24, 2.45) is 0 Å². The molecule has 30 heavy (non-hydrogen) atoms. The van der Waals surface area contributed by atoms with Gasteiger partial charge in [0.25, 0.3) is 17.5 Å². The summed E-state index contributed by atoms with van der Waals surface area (Å²) in [5, 5.41) is 16.1. The zero-order chi connectivity index (χ0) is 21.3. The first kappa shape index (κ1) is 20.5. The lowest BCUT2D eigenvalue weighted by molar-refractivity contribution is -0.384. The maximum Gasteiger partial charge on any atom is 0.291 e. The van der Waals surface area contributed by atoms with Crippen molar-refractivity contribution in [2.75, 3.05) is 6.54 Å². The molecule has 1 aromatic heterocycles. The summed E-state index contributed by atoms with van der Waals surface area (Å²) < 4.78 is 5.06. The Morgan fingerprint density at radius 2 is 1.73 bits per heavy atom. The summed E-state index contributed by atoms with van der Waals surface area (Å²) in [6, 6.07) is 18.3. The maximum absolute atomic E-state index is 12.7. The number of hydrogen-bond acceptors (Lipinski definition) is 5. The van der Waals surface area contributed by atoms with Crippen LogP contribution >= 0.6 is 0 Å². The molecule has 0 radical (unpaired) electrons. The first-order chi connectivity index (χ1) is 14.5. The minimum Gasteiger partial charge on any atom is -0.459 e. The average molecular weight is 405 g/mol. The van der Waals surface area contributed by atoms with Crippen molar-refractivity contribution in [2.45, 2.75) is 6.42 Å². The number of nitrogens with one attached hydrogen (secondary N) is 2. The van der Waals surface area contributed by atoms with Crippen LogP contribution in [0.4, 0.5) is 5.69 Å². The number of furan rings is 1. The van der Waals surface area contributed by atoms with Gasteiger partial charge in [-0.1, -0.05) is 30.3 Å². The zero-order valence-electron chi connectivity index (χ0n) is 15.9. The summed E-state index contributed by atoms with van der Waals surface area (Å²) in [6.07, 6.45) is 3.43. The van der Waals surface area contributed by atoms with Crippen LogP contribution in [-0.2, 0) is 11.2 Å². The number of carbonyl (C=O) groups excluding carboxylic acids is 2. The second kappa shape index (κ2) is 9.83. The molecule has 0 aliphatic heterocycles. The van der Waals surface area contributed by atoms with E-state index in [-0.39, 0.29) is 17.1 Å². The van der Waals surface area contributed by atoms with Crippen molar-refractivity contribution < 1.29 is 18.9 Å². The van der Waals surface area contributed by atoms with Crippen LogP contribution in [0, 0.1) is 10.1 Å². The predicted molar refractivity (Wildman–Crippen MR) is 110 cm³/mol. The number of hydrogen-bond donors (Lipinski definition) is 2. The Kier molecular flexibility index (Phi) is 6.73. The quantitative estimate of drug-likeness (QED) is 0.339. The van der Waals surface area contributed by atoms with Crippen LogP contribution < -0.4 is 10.6 Å². The fourth-order valence-corrected chi connectivity index (χ4v) is 2.67. The highest BCUT2D eigenvalue weighted by atomic mass is 16.6. The van der Waals surface area contributed by atoms with Gasteiger partial charge >= 0.3 is 0 Å². The van der Waals surface area contributed by atoms with Gasteiger partial charge in [0.15, 0.2) is 5.76 Å². The second-order valence-electron chi connectivity index (χ2n) is 6.33. The lowest BCUT2D eigenvalue weighted by Gasteiger charge is -2.10. The lowest BCUT2D eigenvalue weighted by atomic mass is 10.1. The van der Waals surface area contributed by atoms with Gasteiger partial charge in [0.2, 0.25) is 0 Å². The van der Waals surface area contributed by atoms with Crippen LogP contribution in [0.15, 0.2) is 83.1 Å². The minimum absolute atomic E-state index is 0.00156. The molecule has 0 aliphatic carbocycles. The van der Waals surface area contributed by atoms with Crippen molar-refractivity contribution in [3.63, 3.8) is 0 Å². The molecule has 8 nitrogen and oxygen atoms in total. The number of benzene rings is 2. The molecule has 0 aliphatic rings. The minimum atomic E-state index is -0.577. The van der Waals surface area contributed by atoms with Gasteiger partial charge in [-0.25, -0.2) is 0 Å². The Bertz CT molecular complexity index is 1040. The standard InChI is InChI=1S/C22H19N3O5/c26-21(23-13-12-16-5-2-1-3-6-16)19(24-22(27)20-7-4-14-30-20)15-17-8-10-18(11-9-17)25(28)29/h1-11,14-15H,12-13H2,(H,23,26)(H,24,27)/b19-15-. The fourth-order valence-electron chi connectivity index (χ4n) is 2.67. The molecule has 0 atom stereocenters. The van der Waals surface area contributed by atoms with Crippen molar-refractivity contribution in [1.29, 1.82) is 0 Å². The Morgan fingerprint density at radius 1 is 1.00 bits per heavy atom. The molecule has 2 N–H and O–H groups in total. The van der Waals surface area contributed by atoms with Crippen LogP contribution in [0.25, 0.3) is 6.08 Å². The van der Waals surface area contributed by atoms with E-state index < -0.39 is 16.7 Å². The number of nitro benzene ring substituents is 1. The molecule has 2 aromatic carbocycles. The van der Waals surface area contributed by atoms with Gasteiger partial charge in [0, 0.05) is 18.7 Å². The van der Waals surface area contributed by atoms with Gasteiger partial charge in [-0.2, -0.15) is 0 Å². The molecule has 152 valence electrons. The third-order valence-corrected chi connectivity index (χ3v) is 4.19. The molecule has 1 heterocycles. The largest absolute Gasteiger partial charge is 0.459 e. The summed E-state index contributed by atoms with van der Waals surface area (Å²) in [4.78, 5) is 35.3. The molecule has 0 unspecified atom stereocenters. The average Bonchev–Trinajstić information content (AvgIpc) is 3.29. The van der Waals surface area contributed by atoms with E-state index in [1.165, 1.54) is 42.7 Å². The summed E-state index contributed by atoms with van der Waals surface area (Å²) in [5.41, 5.74) is 1.52. The van der Waals surface area contributed by atoms with Gasteiger partial charge < -0.3 is 15.1 Å². The first-order valence-electron chi connectivity index (χ1n) is 9.16. The van der Waals surface area contributed by atoms with E-state index in [0.29, 0.717) is 18.5 Å². The molecule has 3 rings (SSSR count). The van der Waals surface area contributed by atoms with Crippen LogP contribution in [0.5, 0.6) is 0 Å². The van der Waals surface area contributed by atoms with Crippen LogP contribution in [-0.4, -0.2) is 23.3 Å². The maximum atomic E-state index is 12.7. The molecular formula is C22H19N3O5. The molecule has 0 bridgehead atoms. The van der Waals surface area contributed by atoms with Gasteiger partial charge in [0.1, 0.15) is 5.70 Å². The summed E-state index contributed by atoms with van der Waals surface area (Å²) in [6.45, 7) is 0.372. The molecule has 0 fully saturated rings. The highest BCUT2D eigenvalue weighted by Gasteiger charge is 2.16. The van der Waals surface area contributed by atoms with E-state index in [1.807, 2.05) is 30.3 Å². The van der Waals surface area contributed by atoms with E-state index in [9.17, 15) is 19.7 Å². The van der Waals surface area contributed by atoms with Crippen LogP contribution in [0.3, 0.4) is 0 Å². The fraction of sp³-hybridized carbons (Fsp3) is 0.0909. The Labute approximate surface area is 172 Å². The molecular weight excluding hydrogens is 386 g/mol. The number of nitrogens with zero attached hydrogens (tertiary/aromatic N) is 1. The summed E-state index contributed by atoms with van der Waals surface area (Å²) in [5.74, 6) is -1.00. The van der Waals surface area contributed by atoms with Gasteiger partial charge in [-0.3, -0.25) is 19.7 Å². The number of nitro groups is 1. The monoisotopic (exact) mass is 405 g/mol. The van der Waals surface area contributed by atoms with Crippen molar-refractivity contribution in [3.05, 3.63) is 106 Å². The summed E-state index contributed by atoms with van der Waals surface area (Å²) in [7, 11) is 0. The Balaban J connectivity index is 1.74. The highest BCUT2D eigenvalue weighted by molar-refractivity contribution is 6.04. The molecule has 8 heteroatoms. The first-order valence-corrected chi connectivity index (χ1v) is 9.16. The van der Waals surface area contributed by atoms with E-state index in [2.05, 4.69) is 10.6 Å². The van der Waals surface area contributed by atoms with E-state index in [4.69, 9.17) is 4.42 Å². The topological polar surface area (TPSA) is 114 Å². The van der Waals surface area contributed by atoms with Crippen molar-refractivity contribution in [3.8, 4) is 0 Å². The third kappa shape index (κ3) is 5.65. The predicted octanol–water partition coefficient (Wildman–Crippen LogP) is 3.32. The van der Waals surface area contributed by atoms with Crippen molar-refractivity contribution in [1.82, 2.24) is 10.6 Å². The van der Waals surface area contributed by atoms with Crippen LogP contribution in [0.1, 0.15) is 21.7 Å². The van der Waals surface area contributed by atoms with E-state index >= 15 is 0 Å². The van der Waals surface area contributed by atoms with Gasteiger partial charge in [-0.05, 0) is 47.9 Å². The van der Waals surface area contributed by atoms with Crippen molar-refractivity contribution >= 4 is 23.6 Å². The smallest absolute Gasteiger partial charge is 0.291 e. The second-order valence-corrected chi connectivity index (χ2v) is 6.33. The van der Waals surface area contributed by atoms with E-state index in [0.717, 1.165) is 5.56 Å². The Morgan fingerprint density at radius 3 is 2.37 bits per heavy atom. The van der Waals surface area contributed by atoms with Crippen LogP contribution in [0.2, 0.25) is 0 Å².